The number of benzene rings is 1. The van der Waals surface area contributed by atoms with Crippen LogP contribution in [-0.2, 0) is 4.74 Å². The molecule has 0 spiro atoms. The lowest BCUT2D eigenvalue weighted by molar-refractivity contribution is 0.0106. The summed E-state index contributed by atoms with van der Waals surface area (Å²) in [5, 5.41) is 6.97. The number of hydrogen-bond donors (Lipinski definition) is 3. The molecule has 1 heterocycles. The highest BCUT2D eigenvalue weighted by molar-refractivity contribution is 5.90. The van der Waals surface area contributed by atoms with Gasteiger partial charge in [0.1, 0.15) is 12.0 Å². The molecule has 152 valence electrons. The Hall–Kier alpha value is -2.83. The summed E-state index contributed by atoms with van der Waals surface area (Å²) in [7, 11) is 1.37. The minimum atomic E-state index is -0.361. The van der Waals surface area contributed by atoms with E-state index in [-0.39, 0.29) is 11.5 Å². The van der Waals surface area contributed by atoms with E-state index in [1.54, 1.807) is 30.6 Å². The Morgan fingerprint density at radius 3 is 2.21 bits per heavy atom. The van der Waals surface area contributed by atoms with Crippen LogP contribution in [0.4, 0.5) is 23.0 Å². The second-order valence-corrected chi connectivity index (χ2v) is 9.00. The van der Waals surface area contributed by atoms with Crippen molar-refractivity contribution in [1.29, 1.82) is 0 Å². The summed E-state index contributed by atoms with van der Waals surface area (Å²) in [6, 6.07) is 7.03. The van der Waals surface area contributed by atoms with Crippen LogP contribution in [-0.4, -0.2) is 28.6 Å². The molecule has 0 atom stereocenters. The summed E-state index contributed by atoms with van der Waals surface area (Å²) < 4.78 is 4.74. The number of carbonyl (C=O) groups excluding carboxylic acids is 1. The van der Waals surface area contributed by atoms with E-state index in [1.807, 2.05) is 0 Å². The lowest BCUT2D eigenvalue weighted by Crippen LogP contribution is -2.55. The second kappa shape index (κ2) is 6.90. The van der Waals surface area contributed by atoms with Gasteiger partial charge in [-0.25, -0.2) is 14.8 Å². The Morgan fingerprint density at radius 1 is 1.03 bits per heavy atom. The zero-order chi connectivity index (χ0) is 20.0. The van der Waals surface area contributed by atoms with Crippen LogP contribution in [0.15, 0.2) is 30.6 Å². The third-order valence-corrected chi connectivity index (χ3v) is 6.87. The zero-order valence-electron chi connectivity index (χ0n) is 16.6. The Labute approximate surface area is 170 Å². The molecule has 0 radical (unpaired) electrons. The molecule has 4 N–H and O–H groups in total. The lowest BCUT2D eigenvalue weighted by atomic mass is 9.53. The van der Waals surface area contributed by atoms with Crippen molar-refractivity contribution in [2.24, 2.45) is 17.8 Å². The Morgan fingerprint density at radius 2 is 1.62 bits per heavy atom. The highest BCUT2D eigenvalue weighted by Crippen LogP contribution is 2.56. The maximum Gasteiger partial charge on any atom is 0.337 e. The van der Waals surface area contributed by atoms with E-state index in [0.29, 0.717) is 17.1 Å². The standard InChI is InChI=1S/C22H27N5O2/c1-29-21(28)16-2-4-17(5-3-16)26-19-18(23)20(25-12-24-19)27-22-9-13-6-14(10-22)8-15(7-13)11-22/h2-5,12-15H,6-11,23H2,1H3,(H2,24,25,26,27). The van der Waals surface area contributed by atoms with Crippen LogP contribution in [0.1, 0.15) is 48.9 Å². The summed E-state index contributed by atoms with van der Waals surface area (Å²) in [5.41, 5.74) is 8.39. The Kier molecular flexibility index (Phi) is 4.33. The molecule has 0 unspecified atom stereocenters. The van der Waals surface area contributed by atoms with Gasteiger partial charge in [0.05, 0.1) is 12.7 Å². The molecule has 4 aliphatic carbocycles. The maximum atomic E-state index is 11.6. The monoisotopic (exact) mass is 393 g/mol. The van der Waals surface area contributed by atoms with Gasteiger partial charge in [-0.2, -0.15) is 0 Å². The molecule has 0 aliphatic heterocycles. The fraction of sp³-hybridized carbons (Fsp3) is 0.500. The molecule has 1 aromatic heterocycles. The molecule has 4 bridgehead atoms. The first kappa shape index (κ1) is 18.2. The number of rotatable bonds is 5. The van der Waals surface area contributed by atoms with Gasteiger partial charge in [-0.3, -0.25) is 0 Å². The predicted molar refractivity (Wildman–Crippen MR) is 112 cm³/mol. The van der Waals surface area contributed by atoms with E-state index in [2.05, 4.69) is 20.6 Å². The van der Waals surface area contributed by atoms with Gasteiger partial charge in [0.25, 0.3) is 0 Å². The number of ether oxygens (including phenoxy) is 1. The first-order valence-corrected chi connectivity index (χ1v) is 10.4. The van der Waals surface area contributed by atoms with E-state index in [0.717, 1.165) is 29.3 Å². The van der Waals surface area contributed by atoms with Crippen LogP contribution in [0.3, 0.4) is 0 Å². The number of anilines is 4. The van der Waals surface area contributed by atoms with Crippen LogP contribution in [0.2, 0.25) is 0 Å². The lowest BCUT2D eigenvalue weighted by Gasteiger charge is -2.57. The van der Waals surface area contributed by atoms with Crippen molar-refractivity contribution in [3.05, 3.63) is 36.2 Å². The van der Waals surface area contributed by atoms with Gasteiger partial charge in [-0.15, -0.1) is 0 Å². The highest BCUT2D eigenvalue weighted by Gasteiger charge is 2.51. The number of esters is 1. The SMILES string of the molecule is COC(=O)c1ccc(Nc2ncnc(NC34CC5CC(CC(C5)C3)C4)c2N)cc1. The third-order valence-electron chi connectivity index (χ3n) is 6.87. The first-order chi connectivity index (χ1) is 14.0. The van der Waals surface area contributed by atoms with Gasteiger partial charge < -0.3 is 21.1 Å². The summed E-state index contributed by atoms with van der Waals surface area (Å²) in [4.78, 5) is 20.4. The molecule has 4 saturated carbocycles. The van der Waals surface area contributed by atoms with Crippen LogP contribution in [0.5, 0.6) is 0 Å². The van der Waals surface area contributed by atoms with Gasteiger partial charge >= 0.3 is 5.97 Å². The van der Waals surface area contributed by atoms with Crippen LogP contribution >= 0.6 is 0 Å². The quantitative estimate of drug-likeness (QED) is 0.661. The number of nitrogen functional groups attached to an aromatic ring is 1. The molecule has 7 heteroatoms. The molecule has 2 aromatic rings. The molecule has 7 nitrogen and oxygen atoms in total. The molecule has 1 aromatic carbocycles. The number of nitrogens with zero attached hydrogens (tertiary/aromatic N) is 2. The summed E-state index contributed by atoms with van der Waals surface area (Å²) in [6.07, 6.45) is 9.41. The van der Waals surface area contributed by atoms with E-state index in [1.165, 1.54) is 45.6 Å². The molecule has 0 saturated heterocycles. The van der Waals surface area contributed by atoms with Crippen molar-refractivity contribution >= 4 is 29.0 Å². The second-order valence-electron chi connectivity index (χ2n) is 9.00. The maximum absolute atomic E-state index is 11.6. The minimum absolute atomic E-state index is 0.136. The van der Waals surface area contributed by atoms with E-state index >= 15 is 0 Å². The number of nitrogens with one attached hydrogen (secondary N) is 2. The van der Waals surface area contributed by atoms with Crippen LogP contribution < -0.4 is 16.4 Å². The van der Waals surface area contributed by atoms with Gasteiger partial charge in [-0.1, -0.05) is 0 Å². The predicted octanol–water partition coefficient (Wildman–Crippen LogP) is 3.97. The molecule has 6 rings (SSSR count). The summed E-state index contributed by atoms with van der Waals surface area (Å²) in [6.45, 7) is 0. The largest absolute Gasteiger partial charge is 0.465 e. The van der Waals surface area contributed by atoms with Crippen molar-refractivity contribution in [1.82, 2.24) is 9.97 Å². The number of nitrogens with two attached hydrogens (primary N) is 1. The van der Waals surface area contributed by atoms with Gasteiger partial charge in [0.2, 0.25) is 0 Å². The van der Waals surface area contributed by atoms with Crippen LogP contribution in [0.25, 0.3) is 0 Å². The average Bonchev–Trinajstić information content (AvgIpc) is 2.70. The molecule has 4 fully saturated rings. The third kappa shape index (κ3) is 3.39. The topological polar surface area (TPSA) is 102 Å². The zero-order valence-corrected chi connectivity index (χ0v) is 16.6. The number of aromatic nitrogens is 2. The van der Waals surface area contributed by atoms with Gasteiger partial charge in [0, 0.05) is 11.2 Å². The normalized spacial score (nSPS) is 29.5. The smallest absolute Gasteiger partial charge is 0.337 e. The van der Waals surface area contributed by atoms with Crippen molar-refractivity contribution in [3.8, 4) is 0 Å². The van der Waals surface area contributed by atoms with Crippen molar-refractivity contribution in [2.45, 2.75) is 44.1 Å². The molecular weight excluding hydrogens is 366 g/mol. The molecule has 4 aliphatic rings. The number of hydrogen-bond acceptors (Lipinski definition) is 7. The number of carbonyl (C=O) groups is 1. The average molecular weight is 393 g/mol. The van der Waals surface area contributed by atoms with Gasteiger partial charge in [-0.05, 0) is 80.5 Å². The summed E-state index contributed by atoms with van der Waals surface area (Å²) in [5.74, 6) is 3.47. The Balaban J connectivity index is 1.34. The Bertz CT molecular complexity index is 892. The highest BCUT2D eigenvalue weighted by atomic mass is 16.5. The van der Waals surface area contributed by atoms with Crippen molar-refractivity contribution in [3.63, 3.8) is 0 Å². The van der Waals surface area contributed by atoms with Crippen molar-refractivity contribution in [2.75, 3.05) is 23.5 Å². The number of methoxy groups -OCH3 is 1. The fourth-order valence-electron chi connectivity index (χ4n) is 6.05. The molecular formula is C22H27N5O2. The molecule has 29 heavy (non-hydrogen) atoms. The van der Waals surface area contributed by atoms with Crippen molar-refractivity contribution < 1.29 is 9.53 Å². The van der Waals surface area contributed by atoms with Crippen LogP contribution in [0, 0.1) is 17.8 Å². The molecule has 0 amide bonds. The van der Waals surface area contributed by atoms with E-state index in [4.69, 9.17) is 10.5 Å². The first-order valence-electron chi connectivity index (χ1n) is 10.4. The van der Waals surface area contributed by atoms with E-state index in [9.17, 15) is 4.79 Å². The minimum Gasteiger partial charge on any atom is -0.465 e. The summed E-state index contributed by atoms with van der Waals surface area (Å²) >= 11 is 0. The van der Waals surface area contributed by atoms with E-state index < -0.39 is 0 Å². The fourth-order valence-corrected chi connectivity index (χ4v) is 6.05. The van der Waals surface area contributed by atoms with Gasteiger partial charge in [0.15, 0.2) is 11.6 Å².